The SMILES string of the molecule is C/C=C\c1cc(C)ccc1N.CC.CCC. The van der Waals surface area contributed by atoms with Gasteiger partial charge in [-0.3, -0.25) is 0 Å². The van der Waals surface area contributed by atoms with Crippen molar-refractivity contribution in [2.75, 3.05) is 5.73 Å². The summed E-state index contributed by atoms with van der Waals surface area (Å²) < 4.78 is 0. The Morgan fingerprint density at radius 2 is 1.69 bits per heavy atom. The maximum absolute atomic E-state index is 5.72. The van der Waals surface area contributed by atoms with E-state index in [1.807, 2.05) is 45.1 Å². The quantitative estimate of drug-likeness (QED) is 0.660. The van der Waals surface area contributed by atoms with Gasteiger partial charge >= 0.3 is 0 Å². The molecule has 0 atom stereocenters. The van der Waals surface area contributed by atoms with Crippen LogP contribution < -0.4 is 5.73 Å². The summed E-state index contributed by atoms with van der Waals surface area (Å²) in [7, 11) is 0. The Hall–Kier alpha value is -1.24. The Morgan fingerprint density at radius 3 is 2.12 bits per heavy atom. The summed E-state index contributed by atoms with van der Waals surface area (Å²) in [5.74, 6) is 0. The first kappa shape index (κ1) is 17.2. The van der Waals surface area contributed by atoms with Crippen LogP contribution in [0.25, 0.3) is 6.08 Å². The zero-order valence-corrected chi connectivity index (χ0v) is 11.7. The van der Waals surface area contributed by atoms with E-state index in [2.05, 4.69) is 26.8 Å². The van der Waals surface area contributed by atoms with E-state index in [4.69, 9.17) is 5.73 Å². The van der Waals surface area contributed by atoms with E-state index >= 15 is 0 Å². The van der Waals surface area contributed by atoms with Crippen molar-refractivity contribution in [3.63, 3.8) is 0 Å². The van der Waals surface area contributed by atoms with Crippen molar-refractivity contribution >= 4 is 11.8 Å². The third-order valence-corrected chi connectivity index (χ3v) is 1.59. The van der Waals surface area contributed by atoms with Crippen molar-refractivity contribution in [1.29, 1.82) is 0 Å². The molecule has 1 rings (SSSR count). The lowest BCUT2D eigenvalue weighted by atomic mass is 10.1. The van der Waals surface area contributed by atoms with Crippen LogP contribution in [0.15, 0.2) is 24.3 Å². The Balaban J connectivity index is 0. The molecule has 1 aromatic carbocycles. The van der Waals surface area contributed by atoms with Gasteiger partial charge in [0.1, 0.15) is 0 Å². The highest BCUT2D eigenvalue weighted by Gasteiger charge is 1.92. The number of allylic oxidation sites excluding steroid dienone is 1. The zero-order valence-electron chi connectivity index (χ0n) is 11.7. The van der Waals surface area contributed by atoms with E-state index in [-0.39, 0.29) is 0 Å². The minimum atomic E-state index is 0.841. The molecule has 0 saturated carbocycles. The maximum atomic E-state index is 5.72. The van der Waals surface area contributed by atoms with E-state index < -0.39 is 0 Å². The third kappa shape index (κ3) is 8.10. The van der Waals surface area contributed by atoms with Crippen molar-refractivity contribution < 1.29 is 0 Å². The van der Waals surface area contributed by atoms with Crippen LogP contribution in [0.4, 0.5) is 5.69 Å². The second kappa shape index (κ2) is 11.8. The highest BCUT2D eigenvalue weighted by Crippen LogP contribution is 2.14. The Morgan fingerprint density at radius 1 is 1.19 bits per heavy atom. The van der Waals surface area contributed by atoms with E-state index in [1.165, 1.54) is 12.0 Å². The molecule has 0 unspecified atom stereocenters. The van der Waals surface area contributed by atoms with Gasteiger partial charge in [0.05, 0.1) is 0 Å². The summed E-state index contributed by atoms with van der Waals surface area (Å²) in [6, 6.07) is 6.03. The van der Waals surface area contributed by atoms with Crippen molar-refractivity contribution in [3.05, 3.63) is 35.4 Å². The zero-order chi connectivity index (χ0) is 13.0. The summed E-state index contributed by atoms with van der Waals surface area (Å²) in [5, 5.41) is 0. The van der Waals surface area contributed by atoms with Crippen molar-refractivity contribution in [2.24, 2.45) is 0 Å². The first-order valence-corrected chi connectivity index (χ1v) is 6.14. The first-order valence-electron chi connectivity index (χ1n) is 6.14. The van der Waals surface area contributed by atoms with Gasteiger partial charge in [-0.15, -0.1) is 0 Å². The number of aryl methyl sites for hydroxylation is 1. The van der Waals surface area contributed by atoms with Gasteiger partial charge in [-0.2, -0.15) is 0 Å². The van der Waals surface area contributed by atoms with Crippen LogP contribution in [0, 0.1) is 6.92 Å². The van der Waals surface area contributed by atoms with Crippen LogP contribution in [-0.2, 0) is 0 Å². The molecule has 16 heavy (non-hydrogen) atoms. The van der Waals surface area contributed by atoms with E-state index in [0.29, 0.717) is 0 Å². The predicted octanol–water partition coefficient (Wildman–Crippen LogP) is 5.05. The minimum absolute atomic E-state index is 0.841. The van der Waals surface area contributed by atoms with Crippen molar-refractivity contribution in [2.45, 2.75) is 48.0 Å². The largest absolute Gasteiger partial charge is 0.398 e. The average Bonchev–Trinajstić information content (AvgIpc) is 2.28. The van der Waals surface area contributed by atoms with Gasteiger partial charge in [-0.05, 0) is 31.5 Å². The van der Waals surface area contributed by atoms with E-state index in [9.17, 15) is 0 Å². The molecule has 0 fully saturated rings. The highest BCUT2D eigenvalue weighted by molar-refractivity contribution is 5.64. The van der Waals surface area contributed by atoms with Crippen LogP contribution in [0.5, 0.6) is 0 Å². The summed E-state index contributed by atoms with van der Waals surface area (Å²) in [4.78, 5) is 0. The van der Waals surface area contributed by atoms with Gasteiger partial charge in [0.2, 0.25) is 0 Å². The molecule has 0 bridgehead atoms. The molecule has 2 N–H and O–H groups in total. The Labute approximate surface area is 101 Å². The molecule has 0 radical (unpaired) electrons. The molecule has 0 aromatic heterocycles. The van der Waals surface area contributed by atoms with Gasteiger partial charge in [0.25, 0.3) is 0 Å². The minimum Gasteiger partial charge on any atom is -0.398 e. The lowest BCUT2D eigenvalue weighted by molar-refractivity contribution is 1.09. The van der Waals surface area contributed by atoms with Crippen LogP contribution in [0.3, 0.4) is 0 Å². The normalized spacial score (nSPS) is 8.88. The topological polar surface area (TPSA) is 26.0 Å². The third-order valence-electron chi connectivity index (χ3n) is 1.59. The standard InChI is InChI=1S/C10H13N.C3H8.C2H6/c1-3-4-9-7-8(2)5-6-10(9)11;1-3-2;1-2/h3-7H,11H2,1-2H3;3H2,1-2H3;1-2H3/b4-3-;;. The predicted molar refractivity (Wildman–Crippen MR) is 77.6 cm³/mol. The lowest BCUT2D eigenvalue weighted by Gasteiger charge is -2.00. The number of nitrogen functional groups attached to an aromatic ring is 1. The summed E-state index contributed by atoms with van der Waals surface area (Å²) in [6.45, 7) is 12.3. The van der Waals surface area contributed by atoms with Crippen LogP contribution >= 0.6 is 0 Å². The average molecular weight is 221 g/mol. The van der Waals surface area contributed by atoms with Crippen LogP contribution in [-0.4, -0.2) is 0 Å². The smallest absolute Gasteiger partial charge is 0.0387 e. The van der Waals surface area contributed by atoms with Gasteiger partial charge in [0, 0.05) is 5.69 Å². The van der Waals surface area contributed by atoms with E-state index in [0.717, 1.165) is 11.3 Å². The summed E-state index contributed by atoms with van der Waals surface area (Å²) in [6.07, 6.45) is 5.26. The molecule has 1 aromatic rings. The number of rotatable bonds is 1. The van der Waals surface area contributed by atoms with Gasteiger partial charge in [-0.1, -0.05) is 57.9 Å². The molecule has 0 aliphatic heterocycles. The number of anilines is 1. The molecule has 1 nitrogen and oxygen atoms in total. The van der Waals surface area contributed by atoms with Gasteiger partial charge in [0.15, 0.2) is 0 Å². The molecule has 1 heteroatoms. The fourth-order valence-electron chi connectivity index (χ4n) is 1.02. The Kier molecular flexibility index (Phi) is 12.7. The van der Waals surface area contributed by atoms with Crippen molar-refractivity contribution in [1.82, 2.24) is 0 Å². The second-order valence-corrected chi connectivity index (χ2v) is 3.34. The van der Waals surface area contributed by atoms with Crippen LogP contribution in [0.1, 0.15) is 52.2 Å². The summed E-state index contributed by atoms with van der Waals surface area (Å²) in [5.41, 5.74) is 8.91. The fourth-order valence-corrected chi connectivity index (χ4v) is 1.02. The number of benzene rings is 1. The molecule has 0 heterocycles. The van der Waals surface area contributed by atoms with Gasteiger partial charge in [-0.25, -0.2) is 0 Å². The van der Waals surface area contributed by atoms with E-state index in [1.54, 1.807) is 0 Å². The Bertz CT molecular complexity index is 287. The number of hydrogen-bond acceptors (Lipinski definition) is 1. The molecular weight excluding hydrogens is 194 g/mol. The van der Waals surface area contributed by atoms with Crippen LogP contribution in [0.2, 0.25) is 0 Å². The molecular formula is C15H27N. The number of hydrogen-bond donors (Lipinski definition) is 1. The number of nitrogens with two attached hydrogens (primary N) is 1. The van der Waals surface area contributed by atoms with Crippen molar-refractivity contribution in [3.8, 4) is 0 Å². The summed E-state index contributed by atoms with van der Waals surface area (Å²) >= 11 is 0. The first-order chi connectivity index (χ1) is 7.65. The molecule has 0 aliphatic rings. The monoisotopic (exact) mass is 221 g/mol. The molecule has 0 spiro atoms. The molecule has 0 saturated heterocycles. The molecule has 0 aliphatic carbocycles. The molecule has 0 amide bonds. The second-order valence-electron chi connectivity index (χ2n) is 3.34. The highest BCUT2D eigenvalue weighted by atomic mass is 14.5. The molecule has 92 valence electrons. The fraction of sp³-hybridized carbons (Fsp3) is 0.467. The maximum Gasteiger partial charge on any atom is 0.0387 e. The lowest BCUT2D eigenvalue weighted by Crippen LogP contribution is -1.88. The van der Waals surface area contributed by atoms with Gasteiger partial charge < -0.3 is 5.73 Å².